The first-order valence-electron chi connectivity index (χ1n) is 7.95. The van der Waals surface area contributed by atoms with Crippen LogP contribution < -0.4 is 5.32 Å². The number of nitrogens with one attached hydrogen (secondary N) is 1. The first-order chi connectivity index (χ1) is 12.2. The lowest BCUT2D eigenvalue weighted by molar-refractivity contribution is 0.614. The highest BCUT2D eigenvalue weighted by Gasteiger charge is 2.08. The minimum Gasteiger partial charge on any atom is -0.365 e. The molecule has 0 aliphatic rings. The molecule has 0 spiro atoms. The van der Waals surface area contributed by atoms with E-state index in [-0.39, 0.29) is 5.82 Å². The van der Waals surface area contributed by atoms with Gasteiger partial charge in [-0.1, -0.05) is 18.2 Å². The van der Waals surface area contributed by atoms with Crippen LogP contribution >= 0.6 is 0 Å². The molecule has 0 atom stereocenters. The van der Waals surface area contributed by atoms with Crippen molar-refractivity contribution < 1.29 is 4.39 Å². The molecule has 124 valence electrons. The Bertz CT molecular complexity index is 1040. The van der Waals surface area contributed by atoms with E-state index in [1.165, 1.54) is 12.4 Å². The second-order valence-corrected chi connectivity index (χ2v) is 5.72. The summed E-state index contributed by atoms with van der Waals surface area (Å²) in [6.07, 6.45) is 4.93. The molecule has 2 aromatic carbocycles. The fourth-order valence-electron chi connectivity index (χ4n) is 2.82. The number of para-hydroxylation sites is 1. The zero-order valence-corrected chi connectivity index (χ0v) is 13.6. The van der Waals surface area contributed by atoms with Gasteiger partial charge in [-0.15, -0.1) is 0 Å². The minimum absolute atomic E-state index is 0.284. The van der Waals surface area contributed by atoms with Gasteiger partial charge in [-0.25, -0.2) is 19.3 Å². The van der Waals surface area contributed by atoms with Crippen LogP contribution in [0.15, 0.2) is 61.2 Å². The van der Waals surface area contributed by atoms with Crippen molar-refractivity contribution in [1.82, 2.24) is 19.5 Å². The first kappa shape index (κ1) is 15.3. The van der Waals surface area contributed by atoms with Crippen LogP contribution in [0.4, 0.5) is 10.2 Å². The normalized spacial score (nSPS) is 11.0. The van der Waals surface area contributed by atoms with E-state index < -0.39 is 0 Å². The molecular weight excluding hydrogens is 317 g/mol. The maximum Gasteiger partial charge on any atom is 0.147 e. The summed E-state index contributed by atoms with van der Waals surface area (Å²) in [5, 5.41) is 4.20. The molecule has 2 heterocycles. The Hall–Kier alpha value is -3.28. The van der Waals surface area contributed by atoms with Gasteiger partial charge in [0, 0.05) is 24.3 Å². The smallest absolute Gasteiger partial charge is 0.147 e. The van der Waals surface area contributed by atoms with Gasteiger partial charge in [0.2, 0.25) is 0 Å². The van der Waals surface area contributed by atoms with E-state index in [1.807, 2.05) is 37.3 Å². The van der Waals surface area contributed by atoms with Gasteiger partial charge >= 0.3 is 0 Å². The lowest BCUT2D eigenvalue weighted by atomic mass is 10.2. The molecule has 25 heavy (non-hydrogen) atoms. The van der Waals surface area contributed by atoms with E-state index >= 15 is 0 Å². The number of fused-ring (bicyclic) bond motifs is 1. The van der Waals surface area contributed by atoms with Crippen LogP contribution in [0, 0.1) is 12.7 Å². The maximum atomic E-state index is 14.5. The monoisotopic (exact) mass is 333 g/mol. The van der Waals surface area contributed by atoms with Gasteiger partial charge in [0.1, 0.15) is 23.8 Å². The lowest BCUT2D eigenvalue weighted by Crippen LogP contribution is -2.05. The van der Waals surface area contributed by atoms with Gasteiger partial charge in [-0.2, -0.15) is 0 Å². The van der Waals surface area contributed by atoms with E-state index in [2.05, 4.69) is 20.3 Å². The summed E-state index contributed by atoms with van der Waals surface area (Å²) < 4.78 is 16.2. The predicted octanol–water partition coefficient (Wildman–Crippen LogP) is 3.88. The number of nitrogens with zero attached hydrogens (tertiary/aromatic N) is 4. The topological polar surface area (TPSA) is 55.6 Å². The number of anilines is 1. The van der Waals surface area contributed by atoms with E-state index in [0.717, 1.165) is 28.1 Å². The summed E-state index contributed by atoms with van der Waals surface area (Å²) in [5.74, 6) is 1.20. The number of halogens is 1. The van der Waals surface area contributed by atoms with Crippen LogP contribution in [-0.4, -0.2) is 19.5 Å². The number of hydrogen-bond acceptors (Lipinski definition) is 4. The third-order valence-corrected chi connectivity index (χ3v) is 4.10. The van der Waals surface area contributed by atoms with Crippen molar-refractivity contribution in [1.29, 1.82) is 0 Å². The minimum atomic E-state index is -0.284. The first-order valence-corrected chi connectivity index (χ1v) is 7.95. The van der Waals surface area contributed by atoms with E-state index in [1.54, 1.807) is 23.0 Å². The van der Waals surface area contributed by atoms with E-state index in [9.17, 15) is 4.39 Å². The highest BCUT2D eigenvalue weighted by Crippen LogP contribution is 2.20. The van der Waals surface area contributed by atoms with Gasteiger partial charge in [0.05, 0.1) is 11.2 Å². The third kappa shape index (κ3) is 2.94. The molecule has 0 saturated heterocycles. The van der Waals surface area contributed by atoms with Crippen molar-refractivity contribution in [3.8, 4) is 5.69 Å². The molecule has 5 nitrogen and oxygen atoms in total. The average Bonchev–Trinajstić information content (AvgIpc) is 3.06. The SMILES string of the molecule is Cc1nccn1-c1ccc(CNc2ncnc3ccccc23)cc1F. The average molecular weight is 333 g/mol. The Morgan fingerprint density at radius 2 is 1.96 bits per heavy atom. The molecule has 0 unspecified atom stereocenters. The molecule has 0 bridgehead atoms. The fourth-order valence-corrected chi connectivity index (χ4v) is 2.82. The molecule has 0 radical (unpaired) electrons. The van der Waals surface area contributed by atoms with E-state index in [4.69, 9.17) is 0 Å². The summed E-state index contributed by atoms with van der Waals surface area (Å²) in [6.45, 7) is 2.32. The molecule has 4 rings (SSSR count). The molecule has 1 N–H and O–H groups in total. The molecule has 0 amide bonds. The number of hydrogen-bond donors (Lipinski definition) is 1. The number of imidazole rings is 1. The van der Waals surface area contributed by atoms with Gasteiger partial charge in [-0.05, 0) is 36.8 Å². The Labute approximate surface area is 144 Å². The Morgan fingerprint density at radius 3 is 2.76 bits per heavy atom. The fraction of sp³-hybridized carbons (Fsp3) is 0.105. The lowest BCUT2D eigenvalue weighted by Gasteiger charge is -2.11. The van der Waals surface area contributed by atoms with Crippen molar-refractivity contribution >= 4 is 16.7 Å². The zero-order valence-electron chi connectivity index (χ0n) is 13.6. The second kappa shape index (κ2) is 6.32. The molecule has 0 saturated carbocycles. The van der Waals surface area contributed by atoms with Crippen LogP contribution in [0.5, 0.6) is 0 Å². The van der Waals surface area contributed by atoms with Crippen LogP contribution in [-0.2, 0) is 6.54 Å². The van der Waals surface area contributed by atoms with Gasteiger partial charge < -0.3 is 9.88 Å². The third-order valence-electron chi connectivity index (χ3n) is 4.10. The molecule has 4 aromatic rings. The van der Waals surface area contributed by atoms with Crippen molar-refractivity contribution in [3.05, 3.63) is 78.4 Å². The maximum absolute atomic E-state index is 14.5. The van der Waals surface area contributed by atoms with Crippen LogP contribution in [0.25, 0.3) is 16.6 Å². The number of rotatable bonds is 4. The summed E-state index contributed by atoms with van der Waals surface area (Å²) >= 11 is 0. The Balaban J connectivity index is 1.57. The molecule has 0 aliphatic carbocycles. The zero-order chi connectivity index (χ0) is 17.2. The largest absolute Gasteiger partial charge is 0.365 e. The predicted molar refractivity (Wildman–Crippen MR) is 95.1 cm³/mol. The van der Waals surface area contributed by atoms with E-state index in [0.29, 0.717) is 12.2 Å². The van der Waals surface area contributed by atoms with Crippen molar-refractivity contribution in [3.63, 3.8) is 0 Å². The Kier molecular flexibility index (Phi) is 3.85. The summed E-state index contributed by atoms with van der Waals surface area (Å²) in [4.78, 5) is 12.7. The van der Waals surface area contributed by atoms with Gasteiger partial charge in [0.25, 0.3) is 0 Å². The van der Waals surface area contributed by atoms with Crippen LogP contribution in [0.3, 0.4) is 0 Å². The summed E-state index contributed by atoms with van der Waals surface area (Å²) in [7, 11) is 0. The standard InChI is InChI=1S/C19H16FN5/c1-13-21-8-9-25(13)18-7-6-14(10-16(18)20)11-22-19-15-4-2-3-5-17(15)23-12-24-19/h2-10,12H,11H2,1H3,(H,22,23,24). The van der Waals surface area contributed by atoms with Crippen LogP contribution in [0.2, 0.25) is 0 Å². The Morgan fingerprint density at radius 1 is 1.08 bits per heavy atom. The van der Waals surface area contributed by atoms with Crippen LogP contribution in [0.1, 0.15) is 11.4 Å². The molecular formula is C19H16FN5. The van der Waals surface area contributed by atoms with Crippen molar-refractivity contribution in [2.45, 2.75) is 13.5 Å². The molecule has 0 aliphatic heterocycles. The summed E-state index contributed by atoms with van der Waals surface area (Å²) in [5.41, 5.74) is 2.20. The summed E-state index contributed by atoms with van der Waals surface area (Å²) in [6, 6.07) is 13.0. The van der Waals surface area contributed by atoms with Gasteiger partial charge in [0.15, 0.2) is 0 Å². The number of aryl methyl sites for hydroxylation is 1. The van der Waals surface area contributed by atoms with Gasteiger partial charge in [-0.3, -0.25) is 0 Å². The molecule has 2 aromatic heterocycles. The highest BCUT2D eigenvalue weighted by molar-refractivity contribution is 5.88. The molecule has 6 heteroatoms. The molecule has 0 fully saturated rings. The number of benzene rings is 2. The quantitative estimate of drug-likeness (QED) is 0.616. The van der Waals surface area contributed by atoms with Crippen molar-refractivity contribution in [2.24, 2.45) is 0 Å². The number of aromatic nitrogens is 4. The highest BCUT2D eigenvalue weighted by atomic mass is 19.1. The second-order valence-electron chi connectivity index (χ2n) is 5.72. The van der Waals surface area contributed by atoms with Crippen molar-refractivity contribution in [2.75, 3.05) is 5.32 Å².